The van der Waals surface area contributed by atoms with Crippen LogP contribution >= 0.6 is 0 Å². The molecule has 0 aliphatic carbocycles. The van der Waals surface area contributed by atoms with Crippen molar-refractivity contribution < 1.29 is 24.8 Å². The number of phenols is 4. The Morgan fingerprint density at radius 2 is 1.61 bits per heavy atom. The van der Waals surface area contributed by atoms with Gasteiger partial charge < -0.3 is 24.8 Å². The summed E-state index contributed by atoms with van der Waals surface area (Å²) in [6.45, 7) is 1.95. The molecule has 2 aromatic carbocycles. The monoisotopic (exact) mass is 314 g/mol. The van der Waals surface area contributed by atoms with Crippen LogP contribution in [0.25, 0.3) is 22.3 Å². The summed E-state index contributed by atoms with van der Waals surface area (Å²) in [6.07, 6.45) is 0.704. The highest BCUT2D eigenvalue weighted by atomic mass is 16.4. The third-order valence-electron chi connectivity index (χ3n) is 3.74. The van der Waals surface area contributed by atoms with Crippen molar-refractivity contribution in [1.82, 2.24) is 0 Å². The van der Waals surface area contributed by atoms with Gasteiger partial charge >= 0.3 is 0 Å². The Morgan fingerprint density at radius 3 is 2.30 bits per heavy atom. The van der Waals surface area contributed by atoms with E-state index in [4.69, 9.17) is 4.42 Å². The predicted octanol–water partition coefficient (Wildman–Crippen LogP) is 2.84. The van der Waals surface area contributed by atoms with Gasteiger partial charge in [0.05, 0.1) is 0 Å². The summed E-state index contributed by atoms with van der Waals surface area (Å²) < 4.78 is 5.54. The smallest absolute Gasteiger partial charge is 0.208 e. The maximum atomic E-state index is 12.3. The van der Waals surface area contributed by atoms with E-state index in [2.05, 4.69) is 0 Å². The quantitative estimate of drug-likeness (QED) is 0.427. The molecule has 0 aliphatic rings. The Labute approximate surface area is 130 Å². The van der Waals surface area contributed by atoms with Gasteiger partial charge in [-0.3, -0.25) is 4.79 Å². The van der Waals surface area contributed by atoms with Crippen LogP contribution < -0.4 is 5.43 Å². The lowest BCUT2D eigenvalue weighted by atomic mass is 10.0. The number of aromatic hydroxyl groups is 4. The zero-order chi connectivity index (χ0) is 16.7. The lowest BCUT2D eigenvalue weighted by molar-refractivity contribution is 0.347. The third kappa shape index (κ3) is 2.15. The number of fused-ring (bicyclic) bond motifs is 1. The van der Waals surface area contributed by atoms with Gasteiger partial charge in [0.15, 0.2) is 16.8 Å². The predicted molar refractivity (Wildman–Crippen MR) is 84.0 cm³/mol. The number of hydrogen-bond acceptors (Lipinski definition) is 6. The zero-order valence-corrected chi connectivity index (χ0v) is 12.2. The molecule has 0 saturated heterocycles. The molecular formula is C17H14O6. The summed E-state index contributed by atoms with van der Waals surface area (Å²) in [6, 6.07) is 8.46. The summed E-state index contributed by atoms with van der Waals surface area (Å²) in [4.78, 5) is 12.3. The Hall–Kier alpha value is -3.15. The Balaban J connectivity index is 2.42. The van der Waals surface area contributed by atoms with Crippen molar-refractivity contribution in [2.45, 2.75) is 13.3 Å². The summed E-state index contributed by atoms with van der Waals surface area (Å²) in [5, 5.41) is 38.5. The minimum atomic E-state index is -0.969. The van der Waals surface area contributed by atoms with Crippen molar-refractivity contribution in [2.24, 2.45) is 0 Å². The van der Waals surface area contributed by atoms with E-state index >= 15 is 0 Å². The summed E-state index contributed by atoms with van der Waals surface area (Å²) in [5.74, 6) is -3.36. The summed E-state index contributed by atoms with van der Waals surface area (Å²) in [7, 11) is 0. The van der Waals surface area contributed by atoms with E-state index in [0.717, 1.165) is 5.56 Å². The van der Waals surface area contributed by atoms with E-state index in [1.807, 2.05) is 19.1 Å². The van der Waals surface area contributed by atoms with Gasteiger partial charge in [-0.2, -0.15) is 0 Å². The highest BCUT2D eigenvalue weighted by molar-refractivity contribution is 5.94. The summed E-state index contributed by atoms with van der Waals surface area (Å²) >= 11 is 0. The van der Waals surface area contributed by atoms with Gasteiger partial charge in [-0.05, 0) is 12.0 Å². The maximum absolute atomic E-state index is 12.3. The molecular weight excluding hydrogens is 300 g/mol. The van der Waals surface area contributed by atoms with Gasteiger partial charge in [-0.15, -0.1) is 0 Å². The Bertz CT molecular complexity index is 971. The number of aryl methyl sites for hydroxylation is 1. The van der Waals surface area contributed by atoms with Crippen molar-refractivity contribution in [3.05, 3.63) is 46.1 Å². The molecule has 0 bridgehead atoms. The minimum Gasteiger partial charge on any atom is -0.504 e. The molecule has 23 heavy (non-hydrogen) atoms. The normalized spacial score (nSPS) is 11.0. The second-order valence-electron chi connectivity index (χ2n) is 5.08. The average molecular weight is 314 g/mol. The van der Waals surface area contributed by atoms with Crippen LogP contribution in [0, 0.1) is 0 Å². The first kappa shape index (κ1) is 14.8. The first-order valence-electron chi connectivity index (χ1n) is 6.97. The van der Waals surface area contributed by atoms with Crippen LogP contribution in [0.2, 0.25) is 0 Å². The molecule has 3 rings (SSSR count). The van der Waals surface area contributed by atoms with Crippen LogP contribution in [-0.2, 0) is 6.42 Å². The van der Waals surface area contributed by atoms with Gasteiger partial charge in [0.2, 0.25) is 17.2 Å². The molecule has 0 aliphatic heterocycles. The van der Waals surface area contributed by atoms with E-state index in [9.17, 15) is 25.2 Å². The molecule has 0 spiro atoms. The van der Waals surface area contributed by atoms with E-state index in [0.29, 0.717) is 12.0 Å². The van der Waals surface area contributed by atoms with Crippen molar-refractivity contribution in [3.63, 3.8) is 0 Å². The molecule has 1 heterocycles. The molecule has 6 heteroatoms. The molecule has 0 fully saturated rings. The fraction of sp³-hybridized carbons (Fsp3) is 0.118. The number of benzene rings is 2. The highest BCUT2D eigenvalue weighted by Crippen LogP contribution is 2.48. The molecule has 0 radical (unpaired) electrons. The van der Waals surface area contributed by atoms with Crippen LogP contribution in [0.5, 0.6) is 23.0 Å². The average Bonchev–Trinajstić information content (AvgIpc) is 2.57. The Kier molecular flexibility index (Phi) is 3.37. The minimum absolute atomic E-state index is 0.194. The molecule has 0 amide bonds. The summed E-state index contributed by atoms with van der Waals surface area (Å²) in [5.41, 5.74) is 0.573. The van der Waals surface area contributed by atoms with E-state index in [1.165, 1.54) is 6.07 Å². The van der Waals surface area contributed by atoms with Crippen LogP contribution in [-0.4, -0.2) is 20.4 Å². The molecule has 3 aromatic rings. The van der Waals surface area contributed by atoms with Gasteiger partial charge in [0.1, 0.15) is 11.1 Å². The van der Waals surface area contributed by atoms with E-state index < -0.39 is 33.8 Å². The third-order valence-corrected chi connectivity index (χ3v) is 3.74. The van der Waals surface area contributed by atoms with Crippen LogP contribution in [0.4, 0.5) is 0 Å². The molecule has 0 saturated carbocycles. The van der Waals surface area contributed by atoms with Gasteiger partial charge in [0.25, 0.3) is 0 Å². The van der Waals surface area contributed by atoms with Crippen LogP contribution in [0.3, 0.4) is 0 Å². The largest absolute Gasteiger partial charge is 0.504 e. The first-order valence-corrected chi connectivity index (χ1v) is 6.97. The van der Waals surface area contributed by atoms with Crippen molar-refractivity contribution in [3.8, 4) is 34.3 Å². The van der Waals surface area contributed by atoms with E-state index in [1.54, 1.807) is 12.1 Å². The van der Waals surface area contributed by atoms with Crippen LogP contribution in [0.1, 0.15) is 12.5 Å². The molecule has 1 aromatic heterocycles. The lowest BCUT2D eigenvalue weighted by Gasteiger charge is -2.11. The zero-order valence-electron chi connectivity index (χ0n) is 12.2. The maximum Gasteiger partial charge on any atom is 0.208 e. The van der Waals surface area contributed by atoms with E-state index in [-0.39, 0.29) is 11.3 Å². The topological polar surface area (TPSA) is 111 Å². The van der Waals surface area contributed by atoms with Gasteiger partial charge in [0, 0.05) is 11.6 Å². The first-order chi connectivity index (χ1) is 11.0. The second kappa shape index (κ2) is 5.24. The molecule has 6 nitrogen and oxygen atoms in total. The molecule has 0 unspecified atom stereocenters. The standard InChI is InChI=1S/C17H14O6/c1-2-8-5-3-4-6-9(8)11-7-10(18)12-13(19)14(20)15(21)16(22)17(12)23-11/h3-7,19-22H,2H2,1H3. The lowest BCUT2D eigenvalue weighted by Crippen LogP contribution is -2.02. The number of hydrogen-bond donors (Lipinski definition) is 4. The Morgan fingerprint density at radius 1 is 0.957 bits per heavy atom. The van der Waals surface area contributed by atoms with Gasteiger partial charge in [-0.1, -0.05) is 31.2 Å². The molecule has 0 atom stereocenters. The van der Waals surface area contributed by atoms with Crippen molar-refractivity contribution in [2.75, 3.05) is 0 Å². The van der Waals surface area contributed by atoms with Crippen LogP contribution in [0.15, 0.2) is 39.5 Å². The van der Waals surface area contributed by atoms with Crippen molar-refractivity contribution in [1.29, 1.82) is 0 Å². The number of rotatable bonds is 2. The molecule has 4 N–H and O–H groups in total. The fourth-order valence-electron chi connectivity index (χ4n) is 2.54. The fourth-order valence-corrected chi connectivity index (χ4v) is 2.54. The highest BCUT2D eigenvalue weighted by Gasteiger charge is 2.23. The SMILES string of the molecule is CCc1ccccc1-c1cc(=O)c2c(O)c(O)c(O)c(O)c2o1. The van der Waals surface area contributed by atoms with Crippen molar-refractivity contribution >= 4 is 11.0 Å². The number of phenolic OH excluding ortho intramolecular Hbond substituents is 4. The van der Waals surface area contributed by atoms with Gasteiger partial charge in [-0.25, -0.2) is 0 Å². The molecule has 118 valence electrons. The second-order valence-corrected chi connectivity index (χ2v) is 5.08.